The molecule has 0 radical (unpaired) electrons. The Morgan fingerprint density at radius 3 is 2.89 bits per heavy atom. The van der Waals surface area contributed by atoms with Crippen molar-refractivity contribution in [1.82, 2.24) is 4.90 Å². The van der Waals surface area contributed by atoms with E-state index in [-0.39, 0.29) is 18.0 Å². The lowest BCUT2D eigenvalue weighted by molar-refractivity contribution is -0.128. The van der Waals surface area contributed by atoms with Crippen molar-refractivity contribution in [3.8, 4) is 5.75 Å². The summed E-state index contributed by atoms with van der Waals surface area (Å²) in [6.07, 6.45) is 0.428. The van der Waals surface area contributed by atoms with Gasteiger partial charge in [-0.25, -0.2) is 0 Å². The van der Waals surface area contributed by atoms with Gasteiger partial charge in [-0.3, -0.25) is 4.79 Å². The highest BCUT2D eigenvalue weighted by Crippen LogP contribution is 2.33. The smallest absolute Gasteiger partial charge is 0.224 e. The van der Waals surface area contributed by atoms with Crippen LogP contribution < -0.4 is 10.5 Å². The first-order valence-electron chi connectivity index (χ1n) is 6.45. The van der Waals surface area contributed by atoms with Crippen LogP contribution in [-0.4, -0.2) is 30.0 Å². The van der Waals surface area contributed by atoms with Gasteiger partial charge in [-0.1, -0.05) is 12.1 Å². The van der Waals surface area contributed by atoms with Crippen LogP contribution in [0.4, 0.5) is 0 Å². The number of nitrogens with zero attached hydrogens (tertiary/aromatic N) is 1. The number of likely N-dealkylation sites (tertiary alicyclic amines) is 1. The highest BCUT2D eigenvalue weighted by molar-refractivity contribution is 5.80. The topological polar surface area (TPSA) is 55.6 Å². The molecule has 2 unspecified atom stereocenters. The first-order valence-corrected chi connectivity index (χ1v) is 6.45. The minimum atomic E-state index is -0.130. The minimum absolute atomic E-state index is 0.0251. The van der Waals surface area contributed by atoms with Crippen LogP contribution >= 0.6 is 0 Å². The molecule has 1 saturated heterocycles. The van der Waals surface area contributed by atoms with E-state index >= 15 is 0 Å². The normalized spacial score (nSPS) is 23.5. The molecule has 0 aliphatic carbocycles. The summed E-state index contributed by atoms with van der Waals surface area (Å²) in [5.41, 5.74) is 7.14. The average molecular weight is 248 g/mol. The maximum absolute atomic E-state index is 11.8. The molecule has 2 N–H and O–H groups in total. The quantitative estimate of drug-likeness (QED) is 0.882. The fraction of sp³-hybridized carbons (Fsp3) is 0.500. The molecule has 1 aromatic rings. The maximum Gasteiger partial charge on any atom is 0.224 e. The Bertz CT molecular complexity index is 434. The molecule has 1 aliphatic heterocycles. The van der Waals surface area contributed by atoms with Gasteiger partial charge in [0.2, 0.25) is 5.91 Å². The van der Waals surface area contributed by atoms with E-state index in [1.807, 2.05) is 43.0 Å². The van der Waals surface area contributed by atoms with Gasteiger partial charge < -0.3 is 15.4 Å². The summed E-state index contributed by atoms with van der Waals surface area (Å²) in [4.78, 5) is 13.7. The minimum Gasteiger partial charge on any atom is -0.494 e. The molecule has 0 bridgehead atoms. The Morgan fingerprint density at radius 1 is 1.44 bits per heavy atom. The van der Waals surface area contributed by atoms with E-state index < -0.39 is 0 Å². The molecule has 98 valence electrons. The summed E-state index contributed by atoms with van der Waals surface area (Å²) in [6.45, 7) is 5.26. The fourth-order valence-corrected chi connectivity index (χ4v) is 2.57. The molecule has 1 amide bonds. The molecule has 2 rings (SSSR count). The zero-order chi connectivity index (χ0) is 13.1. The summed E-state index contributed by atoms with van der Waals surface area (Å²) in [5.74, 6) is 0.967. The summed E-state index contributed by atoms with van der Waals surface area (Å²) >= 11 is 0. The Balaban J connectivity index is 2.29. The van der Waals surface area contributed by atoms with Crippen LogP contribution in [0, 0.1) is 0 Å². The van der Waals surface area contributed by atoms with Gasteiger partial charge in [0.1, 0.15) is 5.75 Å². The summed E-state index contributed by atoms with van der Waals surface area (Å²) < 4.78 is 5.49. The molecule has 1 heterocycles. The number of nitrogens with two attached hydrogens (primary N) is 1. The van der Waals surface area contributed by atoms with Gasteiger partial charge in [0.25, 0.3) is 0 Å². The van der Waals surface area contributed by atoms with E-state index in [0.29, 0.717) is 19.6 Å². The molecule has 1 fully saturated rings. The SMILES string of the molecule is CCOc1cccc(C2C(N)CC(=O)N2CC)c1. The molecule has 2 atom stereocenters. The third kappa shape index (κ3) is 2.34. The molecule has 0 spiro atoms. The molecular formula is C14H20N2O2. The van der Waals surface area contributed by atoms with E-state index in [2.05, 4.69) is 0 Å². The van der Waals surface area contributed by atoms with E-state index in [9.17, 15) is 4.79 Å². The maximum atomic E-state index is 11.8. The number of rotatable bonds is 4. The lowest BCUT2D eigenvalue weighted by Gasteiger charge is -2.26. The molecule has 18 heavy (non-hydrogen) atoms. The molecule has 4 nitrogen and oxygen atoms in total. The van der Waals surface area contributed by atoms with Crippen molar-refractivity contribution < 1.29 is 9.53 Å². The van der Waals surface area contributed by atoms with Crippen molar-refractivity contribution in [2.45, 2.75) is 32.4 Å². The highest BCUT2D eigenvalue weighted by Gasteiger charge is 2.37. The molecule has 0 saturated carbocycles. The zero-order valence-corrected chi connectivity index (χ0v) is 10.9. The Kier molecular flexibility index (Phi) is 3.87. The van der Waals surface area contributed by atoms with E-state index in [0.717, 1.165) is 11.3 Å². The third-order valence-corrected chi connectivity index (χ3v) is 3.32. The van der Waals surface area contributed by atoms with Gasteiger partial charge in [-0.15, -0.1) is 0 Å². The van der Waals surface area contributed by atoms with Crippen LogP contribution in [0.15, 0.2) is 24.3 Å². The fourth-order valence-electron chi connectivity index (χ4n) is 2.57. The van der Waals surface area contributed by atoms with Crippen molar-refractivity contribution >= 4 is 5.91 Å². The van der Waals surface area contributed by atoms with Gasteiger partial charge >= 0.3 is 0 Å². The van der Waals surface area contributed by atoms with Crippen molar-refractivity contribution in [3.63, 3.8) is 0 Å². The number of carbonyl (C=O) groups is 1. The van der Waals surface area contributed by atoms with Crippen LogP contribution in [0.3, 0.4) is 0 Å². The summed E-state index contributed by atoms with van der Waals surface area (Å²) in [5, 5.41) is 0. The van der Waals surface area contributed by atoms with Crippen LogP contribution in [-0.2, 0) is 4.79 Å². The third-order valence-electron chi connectivity index (χ3n) is 3.32. The molecule has 4 heteroatoms. The second-order valence-electron chi connectivity index (χ2n) is 4.50. The number of ether oxygens (including phenoxy) is 1. The van der Waals surface area contributed by atoms with E-state index in [1.54, 1.807) is 0 Å². The van der Waals surface area contributed by atoms with Crippen LogP contribution in [0.1, 0.15) is 31.9 Å². The van der Waals surface area contributed by atoms with Crippen LogP contribution in [0.2, 0.25) is 0 Å². The predicted octanol–water partition coefficient (Wildman–Crippen LogP) is 1.71. The van der Waals surface area contributed by atoms with Crippen molar-refractivity contribution in [3.05, 3.63) is 29.8 Å². The second-order valence-corrected chi connectivity index (χ2v) is 4.50. The number of benzene rings is 1. The Labute approximate surface area is 108 Å². The first-order chi connectivity index (χ1) is 8.67. The molecule has 0 aromatic heterocycles. The number of hydrogen-bond donors (Lipinski definition) is 1. The first kappa shape index (κ1) is 12.9. The predicted molar refractivity (Wildman–Crippen MR) is 70.3 cm³/mol. The van der Waals surface area contributed by atoms with Crippen molar-refractivity contribution in [2.24, 2.45) is 5.73 Å². The number of hydrogen-bond acceptors (Lipinski definition) is 3. The number of amides is 1. The lowest BCUT2D eigenvalue weighted by Crippen LogP contribution is -2.32. The van der Waals surface area contributed by atoms with E-state index in [1.165, 1.54) is 0 Å². The van der Waals surface area contributed by atoms with Gasteiger partial charge in [0, 0.05) is 19.0 Å². The largest absolute Gasteiger partial charge is 0.494 e. The second kappa shape index (κ2) is 5.40. The van der Waals surface area contributed by atoms with Crippen molar-refractivity contribution in [2.75, 3.05) is 13.2 Å². The van der Waals surface area contributed by atoms with Gasteiger partial charge in [0.05, 0.1) is 12.6 Å². The summed E-state index contributed by atoms with van der Waals surface area (Å²) in [7, 11) is 0. The van der Waals surface area contributed by atoms with Crippen LogP contribution in [0.25, 0.3) is 0 Å². The zero-order valence-electron chi connectivity index (χ0n) is 10.9. The monoisotopic (exact) mass is 248 g/mol. The Hall–Kier alpha value is -1.55. The standard InChI is InChI=1S/C14H20N2O2/c1-3-16-13(17)9-12(15)14(16)10-6-5-7-11(8-10)18-4-2/h5-8,12,14H,3-4,9,15H2,1-2H3. The van der Waals surface area contributed by atoms with Crippen molar-refractivity contribution in [1.29, 1.82) is 0 Å². The highest BCUT2D eigenvalue weighted by atomic mass is 16.5. The molecular weight excluding hydrogens is 228 g/mol. The van der Waals surface area contributed by atoms with E-state index in [4.69, 9.17) is 10.5 Å². The number of likely N-dealkylation sites (N-methyl/N-ethyl adjacent to an activating group) is 1. The van der Waals surface area contributed by atoms with Gasteiger partial charge in [-0.2, -0.15) is 0 Å². The van der Waals surface area contributed by atoms with Gasteiger partial charge in [-0.05, 0) is 31.5 Å². The molecule has 1 aromatic carbocycles. The summed E-state index contributed by atoms with van der Waals surface area (Å²) in [6, 6.07) is 7.70. The van der Waals surface area contributed by atoms with Crippen LogP contribution in [0.5, 0.6) is 5.75 Å². The lowest BCUT2D eigenvalue weighted by atomic mass is 10.0. The number of carbonyl (C=O) groups excluding carboxylic acids is 1. The average Bonchev–Trinajstić information content (AvgIpc) is 2.64. The molecule has 1 aliphatic rings. The van der Waals surface area contributed by atoms with Gasteiger partial charge in [0.15, 0.2) is 0 Å². The Morgan fingerprint density at radius 2 is 2.22 bits per heavy atom.